The number of hydrogen-bond donors (Lipinski definition) is 2. The van der Waals surface area contributed by atoms with E-state index in [4.69, 9.17) is 5.73 Å². The van der Waals surface area contributed by atoms with Crippen LogP contribution in [0.5, 0.6) is 0 Å². The van der Waals surface area contributed by atoms with Crippen LogP contribution in [-0.4, -0.2) is 12.5 Å². The predicted molar refractivity (Wildman–Crippen MR) is 75.2 cm³/mol. The normalized spacial score (nSPS) is 12.3. The van der Waals surface area contributed by atoms with Crippen LogP contribution < -0.4 is 11.1 Å². The predicted octanol–water partition coefficient (Wildman–Crippen LogP) is 2.43. The van der Waals surface area contributed by atoms with Crippen molar-refractivity contribution in [1.82, 2.24) is 5.32 Å². The van der Waals surface area contributed by atoms with Gasteiger partial charge in [-0.05, 0) is 49.4 Å². The van der Waals surface area contributed by atoms with Crippen molar-refractivity contribution in [3.05, 3.63) is 34.6 Å². The Kier molecular flexibility index (Phi) is 5.96. The van der Waals surface area contributed by atoms with Gasteiger partial charge < -0.3 is 11.1 Å². The van der Waals surface area contributed by atoms with Crippen molar-refractivity contribution < 1.29 is 9.18 Å². The molecule has 1 amide bonds. The van der Waals surface area contributed by atoms with Crippen LogP contribution in [0.1, 0.15) is 36.5 Å². The summed E-state index contributed by atoms with van der Waals surface area (Å²) in [6.07, 6.45) is 1.28. The zero-order chi connectivity index (χ0) is 14.4. The Bertz CT molecular complexity index is 423. The first-order chi connectivity index (χ1) is 8.93. The first-order valence-electron chi connectivity index (χ1n) is 6.66. The van der Waals surface area contributed by atoms with E-state index in [0.717, 1.165) is 12.0 Å². The maximum Gasteiger partial charge on any atom is 0.220 e. The van der Waals surface area contributed by atoms with E-state index in [1.165, 1.54) is 0 Å². The Morgan fingerprint density at radius 1 is 1.37 bits per heavy atom. The maximum absolute atomic E-state index is 13.5. The van der Waals surface area contributed by atoms with Gasteiger partial charge in [0.1, 0.15) is 5.82 Å². The van der Waals surface area contributed by atoms with Gasteiger partial charge in [-0.15, -0.1) is 0 Å². The van der Waals surface area contributed by atoms with Gasteiger partial charge in [0.25, 0.3) is 0 Å². The van der Waals surface area contributed by atoms with Gasteiger partial charge in [0, 0.05) is 13.0 Å². The SMILES string of the molecule is Cc1cc(CNC(=O)CCC(C)CN)cc(C)c1F. The molecule has 0 heterocycles. The van der Waals surface area contributed by atoms with Gasteiger partial charge in [-0.25, -0.2) is 4.39 Å². The fourth-order valence-corrected chi connectivity index (χ4v) is 1.92. The number of amides is 1. The monoisotopic (exact) mass is 266 g/mol. The summed E-state index contributed by atoms with van der Waals surface area (Å²) in [5.74, 6) is 0.202. The molecule has 0 saturated carbocycles. The lowest BCUT2D eigenvalue weighted by molar-refractivity contribution is -0.121. The molecule has 1 aromatic rings. The number of aryl methyl sites for hydroxylation is 2. The van der Waals surface area contributed by atoms with E-state index >= 15 is 0 Å². The average Bonchev–Trinajstić information content (AvgIpc) is 2.39. The number of benzene rings is 1. The highest BCUT2D eigenvalue weighted by Gasteiger charge is 2.07. The zero-order valence-electron chi connectivity index (χ0n) is 11.9. The summed E-state index contributed by atoms with van der Waals surface area (Å²) in [5.41, 5.74) is 7.66. The summed E-state index contributed by atoms with van der Waals surface area (Å²) in [6.45, 7) is 6.54. The number of nitrogens with one attached hydrogen (secondary N) is 1. The van der Waals surface area contributed by atoms with Crippen LogP contribution in [0.15, 0.2) is 12.1 Å². The Labute approximate surface area is 114 Å². The van der Waals surface area contributed by atoms with Crippen molar-refractivity contribution in [2.45, 2.75) is 40.2 Å². The Balaban J connectivity index is 2.46. The third-order valence-electron chi connectivity index (χ3n) is 3.25. The summed E-state index contributed by atoms with van der Waals surface area (Å²) < 4.78 is 13.5. The second-order valence-corrected chi connectivity index (χ2v) is 5.20. The van der Waals surface area contributed by atoms with Crippen LogP contribution >= 0.6 is 0 Å². The lowest BCUT2D eigenvalue weighted by Crippen LogP contribution is -2.24. The second kappa shape index (κ2) is 7.24. The van der Waals surface area contributed by atoms with Crippen LogP contribution in [0.3, 0.4) is 0 Å². The number of carbonyl (C=O) groups is 1. The van der Waals surface area contributed by atoms with Gasteiger partial charge >= 0.3 is 0 Å². The van der Waals surface area contributed by atoms with Crippen molar-refractivity contribution in [3.8, 4) is 0 Å². The van der Waals surface area contributed by atoms with Crippen molar-refractivity contribution >= 4 is 5.91 Å². The summed E-state index contributed by atoms with van der Waals surface area (Å²) in [5, 5.41) is 2.85. The minimum atomic E-state index is -0.174. The van der Waals surface area contributed by atoms with Crippen LogP contribution in [0, 0.1) is 25.6 Å². The van der Waals surface area contributed by atoms with Crippen molar-refractivity contribution in [3.63, 3.8) is 0 Å². The lowest BCUT2D eigenvalue weighted by atomic mass is 10.1. The van der Waals surface area contributed by atoms with E-state index in [0.29, 0.717) is 36.6 Å². The van der Waals surface area contributed by atoms with Crippen LogP contribution in [-0.2, 0) is 11.3 Å². The molecule has 0 spiro atoms. The second-order valence-electron chi connectivity index (χ2n) is 5.20. The van der Waals surface area contributed by atoms with Gasteiger partial charge in [-0.2, -0.15) is 0 Å². The van der Waals surface area contributed by atoms with E-state index in [1.807, 2.05) is 6.92 Å². The third-order valence-corrected chi connectivity index (χ3v) is 3.25. The molecule has 0 aliphatic rings. The molecule has 1 atom stereocenters. The Morgan fingerprint density at radius 3 is 2.47 bits per heavy atom. The summed E-state index contributed by atoms with van der Waals surface area (Å²) in [6, 6.07) is 3.54. The molecule has 0 aromatic heterocycles. The van der Waals surface area contributed by atoms with E-state index < -0.39 is 0 Å². The molecule has 0 aliphatic heterocycles. The van der Waals surface area contributed by atoms with Gasteiger partial charge in [-0.1, -0.05) is 19.1 Å². The van der Waals surface area contributed by atoms with Gasteiger partial charge in [0.05, 0.1) is 0 Å². The molecule has 0 saturated heterocycles. The van der Waals surface area contributed by atoms with E-state index in [1.54, 1.807) is 26.0 Å². The highest BCUT2D eigenvalue weighted by atomic mass is 19.1. The number of halogens is 1. The summed E-state index contributed by atoms with van der Waals surface area (Å²) in [4.78, 5) is 11.6. The fraction of sp³-hybridized carbons (Fsp3) is 0.533. The van der Waals surface area contributed by atoms with Crippen molar-refractivity contribution in [2.75, 3.05) is 6.54 Å². The van der Waals surface area contributed by atoms with Crippen molar-refractivity contribution in [1.29, 1.82) is 0 Å². The molecule has 1 aromatic carbocycles. The van der Waals surface area contributed by atoms with Gasteiger partial charge in [0.2, 0.25) is 5.91 Å². The van der Waals surface area contributed by atoms with Crippen LogP contribution in [0.2, 0.25) is 0 Å². The highest BCUT2D eigenvalue weighted by Crippen LogP contribution is 2.14. The Morgan fingerprint density at radius 2 is 1.95 bits per heavy atom. The molecule has 0 bridgehead atoms. The quantitative estimate of drug-likeness (QED) is 0.831. The third kappa shape index (κ3) is 4.99. The highest BCUT2D eigenvalue weighted by molar-refractivity contribution is 5.75. The molecule has 3 nitrogen and oxygen atoms in total. The minimum absolute atomic E-state index is 0.0138. The number of hydrogen-bond acceptors (Lipinski definition) is 2. The molecule has 1 rings (SSSR count). The number of rotatable bonds is 6. The fourth-order valence-electron chi connectivity index (χ4n) is 1.92. The largest absolute Gasteiger partial charge is 0.352 e. The first-order valence-corrected chi connectivity index (χ1v) is 6.66. The Hall–Kier alpha value is -1.42. The van der Waals surface area contributed by atoms with Gasteiger partial charge in [0.15, 0.2) is 0 Å². The minimum Gasteiger partial charge on any atom is -0.352 e. The molecule has 4 heteroatoms. The van der Waals surface area contributed by atoms with E-state index in [9.17, 15) is 9.18 Å². The van der Waals surface area contributed by atoms with Crippen LogP contribution in [0.4, 0.5) is 4.39 Å². The summed E-state index contributed by atoms with van der Waals surface area (Å²) in [7, 11) is 0. The average molecular weight is 266 g/mol. The summed E-state index contributed by atoms with van der Waals surface area (Å²) >= 11 is 0. The molecular formula is C15H23FN2O. The molecule has 0 fully saturated rings. The zero-order valence-corrected chi connectivity index (χ0v) is 11.9. The smallest absolute Gasteiger partial charge is 0.220 e. The molecule has 3 N–H and O–H groups in total. The standard InChI is InChI=1S/C15H23FN2O/c1-10(8-17)4-5-14(19)18-9-13-6-11(2)15(16)12(3)7-13/h6-7,10H,4-5,8-9,17H2,1-3H3,(H,18,19). The molecule has 0 radical (unpaired) electrons. The number of nitrogens with two attached hydrogens (primary N) is 1. The topological polar surface area (TPSA) is 55.1 Å². The molecule has 106 valence electrons. The molecule has 19 heavy (non-hydrogen) atoms. The van der Waals surface area contributed by atoms with Gasteiger partial charge in [-0.3, -0.25) is 4.79 Å². The number of carbonyl (C=O) groups excluding carboxylic acids is 1. The lowest BCUT2D eigenvalue weighted by Gasteiger charge is -2.10. The molecule has 1 unspecified atom stereocenters. The van der Waals surface area contributed by atoms with E-state index in [-0.39, 0.29) is 11.7 Å². The first kappa shape index (κ1) is 15.6. The maximum atomic E-state index is 13.5. The van der Waals surface area contributed by atoms with E-state index in [2.05, 4.69) is 5.32 Å². The molecular weight excluding hydrogens is 243 g/mol. The van der Waals surface area contributed by atoms with Crippen LogP contribution in [0.25, 0.3) is 0 Å². The van der Waals surface area contributed by atoms with Crippen molar-refractivity contribution in [2.24, 2.45) is 11.7 Å². The molecule has 0 aliphatic carbocycles.